The van der Waals surface area contributed by atoms with Gasteiger partial charge >= 0.3 is 0 Å². The second-order valence-electron chi connectivity index (χ2n) is 5.26. The molecule has 2 nitrogen and oxygen atoms in total. The van der Waals surface area contributed by atoms with Crippen LogP contribution in [0.4, 0.5) is 0 Å². The van der Waals surface area contributed by atoms with Crippen LogP contribution in [0, 0.1) is 0 Å². The summed E-state index contributed by atoms with van der Waals surface area (Å²) in [6, 6.07) is 12.5. The van der Waals surface area contributed by atoms with Crippen LogP contribution in [0.5, 0.6) is 0 Å². The Bertz CT molecular complexity index is 335. The first-order chi connectivity index (χ1) is 7.83. The molecular formula is C14H20N2. The first kappa shape index (κ1) is 10.3. The molecule has 0 spiro atoms. The van der Waals surface area contributed by atoms with Gasteiger partial charge in [0.15, 0.2) is 0 Å². The zero-order chi connectivity index (χ0) is 11.0. The highest BCUT2D eigenvalue weighted by Gasteiger charge is 2.38. The lowest BCUT2D eigenvalue weighted by Crippen LogP contribution is -2.51. The number of fused-ring (bicyclic) bond motifs is 2. The third-order valence-corrected chi connectivity index (χ3v) is 4.02. The van der Waals surface area contributed by atoms with Crippen LogP contribution >= 0.6 is 0 Å². The first-order valence-corrected chi connectivity index (χ1v) is 6.31. The zero-order valence-corrected chi connectivity index (χ0v) is 9.97. The van der Waals surface area contributed by atoms with E-state index < -0.39 is 0 Å². The van der Waals surface area contributed by atoms with Gasteiger partial charge in [-0.2, -0.15) is 0 Å². The maximum atomic E-state index is 2.72. The fraction of sp³-hybridized carbons (Fsp3) is 0.571. The van der Waals surface area contributed by atoms with Gasteiger partial charge in [-0.3, -0.25) is 4.90 Å². The molecule has 2 aliphatic rings. The Labute approximate surface area is 97.9 Å². The molecule has 0 aliphatic carbocycles. The molecule has 2 aliphatic heterocycles. The van der Waals surface area contributed by atoms with Crippen molar-refractivity contribution in [3.05, 3.63) is 35.9 Å². The first-order valence-electron chi connectivity index (χ1n) is 6.31. The number of likely N-dealkylation sites (tertiary alicyclic amines) is 1. The van der Waals surface area contributed by atoms with Gasteiger partial charge in [-0.15, -0.1) is 0 Å². The lowest BCUT2D eigenvalue weighted by Gasteiger charge is -2.39. The van der Waals surface area contributed by atoms with Gasteiger partial charge in [0.25, 0.3) is 0 Å². The predicted molar refractivity (Wildman–Crippen MR) is 66.3 cm³/mol. The molecule has 0 radical (unpaired) electrons. The van der Waals surface area contributed by atoms with E-state index in [2.05, 4.69) is 47.2 Å². The lowest BCUT2D eigenvalue weighted by molar-refractivity contribution is 0.0760. The van der Waals surface area contributed by atoms with Crippen molar-refractivity contribution in [3.63, 3.8) is 0 Å². The Morgan fingerprint density at radius 3 is 2.31 bits per heavy atom. The Morgan fingerprint density at radius 2 is 1.69 bits per heavy atom. The summed E-state index contributed by atoms with van der Waals surface area (Å²) >= 11 is 0. The quantitative estimate of drug-likeness (QED) is 0.745. The summed E-state index contributed by atoms with van der Waals surface area (Å²) in [6.45, 7) is 3.65. The molecule has 2 saturated heterocycles. The molecule has 16 heavy (non-hydrogen) atoms. The SMILES string of the molecule is CN1CC2CCC(C1)N2Cc1ccccc1. The van der Waals surface area contributed by atoms with Gasteiger partial charge in [0, 0.05) is 31.7 Å². The van der Waals surface area contributed by atoms with E-state index in [1.54, 1.807) is 0 Å². The molecular weight excluding hydrogens is 196 g/mol. The molecule has 2 bridgehead atoms. The van der Waals surface area contributed by atoms with Gasteiger partial charge in [-0.1, -0.05) is 30.3 Å². The molecule has 86 valence electrons. The number of benzene rings is 1. The number of rotatable bonds is 2. The van der Waals surface area contributed by atoms with E-state index in [4.69, 9.17) is 0 Å². The van der Waals surface area contributed by atoms with E-state index >= 15 is 0 Å². The van der Waals surface area contributed by atoms with Crippen molar-refractivity contribution in [1.82, 2.24) is 9.80 Å². The molecule has 2 atom stereocenters. The number of piperazine rings is 1. The molecule has 2 heterocycles. The number of hydrogen-bond donors (Lipinski definition) is 0. The second kappa shape index (κ2) is 4.19. The summed E-state index contributed by atoms with van der Waals surface area (Å²) < 4.78 is 0. The molecule has 1 aromatic rings. The van der Waals surface area contributed by atoms with Crippen molar-refractivity contribution in [3.8, 4) is 0 Å². The number of likely N-dealkylation sites (N-methyl/N-ethyl adjacent to an activating group) is 1. The molecule has 0 amide bonds. The van der Waals surface area contributed by atoms with Crippen LogP contribution in [-0.4, -0.2) is 42.0 Å². The summed E-state index contributed by atoms with van der Waals surface area (Å²) in [4.78, 5) is 5.21. The molecule has 0 saturated carbocycles. The molecule has 3 rings (SSSR count). The van der Waals surface area contributed by atoms with Gasteiger partial charge < -0.3 is 4.90 Å². The largest absolute Gasteiger partial charge is 0.303 e. The molecule has 2 fully saturated rings. The summed E-state index contributed by atoms with van der Waals surface area (Å²) in [7, 11) is 2.26. The van der Waals surface area contributed by atoms with E-state index in [1.165, 1.54) is 31.5 Å². The Balaban J connectivity index is 1.72. The molecule has 2 heteroatoms. The van der Waals surface area contributed by atoms with Crippen molar-refractivity contribution in [2.75, 3.05) is 20.1 Å². The van der Waals surface area contributed by atoms with Crippen LogP contribution in [0.1, 0.15) is 18.4 Å². The van der Waals surface area contributed by atoms with Crippen molar-refractivity contribution >= 4 is 0 Å². The Hall–Kier alpha value is -0.860. The molecule has 2 unspecified atom stereocenters. The van der Waals surface area contributed by atoms with Crippen molar-refractivity contribution in [1.29, 1.82) is 0 Å². The van der Waals surface area contributed by atoms with Gasteiger partial charge in [0.05, 0.1) is 0 Å². The summed E-state index contributed by atoms with van der Waals surface area (Å²) in [5.74, 6) is 0. The van der Waals surface area contributed by atoms with Gasteiger partial charge in [-0.05, 0) is 25.5 Å². The normalized spacial score (nSPS) is 30.8. The minimum absolute atomic E-state index is 0.795. The average Bonchev–Trinajstić information content (AvgIpc) is 2.54. The topological polar surface area (TPSA) is 6.48 Å². The van der Waals surface area contributed by atoms with Gasteiger partial charge in [0.1, 0.15) is 0 Å². The van der Waals surface area contributed by atoms with E-state index in [0.717, 1.165) is 18.6 Å². The predicted octanol–water partition coefficient (Wildman–Crippen LogP) is 1.96. The molecule has 0 aromatic heterocycles. The van der Waals surface area contributed by atoms with Crippen molar-refractivity contribution in [2.45, 2.75) is 31.5 Å². The zero-order valence-electron chi connectivity index (χ0n) is 9.97. The Kier molecular flexibility index (Phi) is 2.70. The van der Waals surface area contributed by atoms with Crippen LogP contribution in [-0.2, 0) is 6.54 Å². The van der Waals surface area contributed by atoms with Crippen LogP contribution in [0.15, 0.2) is 30.3 Å². The van der Waals surface area contributed by atoms with E-state index in [0.29, 0.717) is 0 Å². The minimum atomic E-state index is 0.795. The molecule has 1 aromatic carbocycles. The fourth-order valence-corrected chi connectivity index (χ4v) is 3.25. The number of nitrogens with zero attached hydrogens (tertiary/aromatic N) is 2. The van der Waals surface area contributed by atoms with Crippen LogP contribution in [0.2, 0.25) is 0 Å². The van der Waals surface area contributed by atoms with Crippen molar-refractivity contribution < 1.29 is 0 Å². The molecule has 0 N–H and O–H groups in total. The van der Waals surface area contributed by atoms with E-state index in [1.807, 2.05) is 0 Å². The maximum absolute atomic E-state index is 2.72. The van der Waals surface area contributed by atoms with Crippen LogP contribution in [0.25, 0.3) is 0 Å². The minimum Gasteiger partial charge on any atom is -0.303 e. The van der Waals surface area contributed by atoms with E-state index in [9.17, 15) is 0 Å². The standard InChI is InChI=1S/C14H20N2/c1-15-10-13-7-8-14(11-15)16(13)9-12-5-3-2-4-6-12/h2-6,13-14H,7-11H2,1H3. The highest BCUT2D eigenvalue weighted by atomic mass is 15.3. The third-order valence-electron chi connectivity index (χ3n) is 4.02. The van der Waals surface area contributed by atoms with Gasteiger partial charge in [-0.25, -0.2) is 0 Å². The average molecular weight is 216 g/mol. The highest BCUT2D eigenvalue weighted by molar-refractivity contribution is 5.15. The second-order valence-corrected chi connectivity index (χ2v) is 5.26. The van der Waals surface area contributed by atoms with Crippen LogP contribution in [0.3, 0.4) is 0 Å². The third kappa shape index (κ3) is 1.87. The maximum Gasteiger partial charge on any atom is 0.0240 e. The Morgan fingerprint density at radius 1 is 1.06 bits per heavy atom. The van der Waals surface area contributed by atoms with Crippen LogP contribution < -0.4 is 0 Å². The van der Waals surface area contributed by atoms with Gasteiger partial charge in [0.2, 0.25) is 0 Å². The number of hydrogen-bond acceptors (Lipinski definition) is 2. The van der Waals surface area contributed by atoms with E-state index in [-0.39, 0.29) is 0 Å². The van der Waals surface area contributed by atoms with Crippen molar-refractivity contribution in [2.24, 2.45) is 0 Å². The summed E-state index contributed by atoms with van der Waals surface area (Å²) in [5.41, 5.74) is 1.46. The fourth-order valence-electron chi connectivity index (χ4n) is 3.25. The smallest absolute Gasteiger partial charge is 0.0240 e. The monoisotopic (exact) mass is 216 g/mol. The summed E-state index contributed by atoms with van der Waals surface area (Å²) in [5, 5.41) is 0. The highest BCUT2D eigenvalue weighted by Crippen LogP contribution is 2.30. The lowest BCUT2D eigenvalue weighted by atomic mass is 10.1. The summed E-state index contributed by atoms with van der Waals surface area (Å²) in [6.07, 6.45) is 2.78.